The zero-order chi connectivity index (χ0) is 93.5. The summed E-state index contributed by atoms with van der Waals surface area (Å²) >= 11 is 8.00. The highest BCUT2D eigenvalue weighted by Crippen LogP contribution is 2.43. The van der Waals surface area contributed by atoms with Crippen LogP contribution in [-0.2, 0) is 0 Å². The first-order chi connectivity index (χ1) is 63.6. The Morgan fingerprint density at radius 2 is 0.667 bits per heavy atom. The van der Waals surface area contributed by atoms with Crippen molar-refractivity contribution in [2.24, 2.45) is 0 Å². The number of rotatable bonds is 35. The molecule has 4 saturated heterocycles. The number of likely N-dealkylation sites (N-methyl/N-ethyl adjacent to an activating group) is 1. The maximum Gasteiger partial charge on any atom is 0.319 e. The first-order valence-electron chi connectivity index (χ1n) is 44.6. The highest BCUT2D eigenvalue weighted by molar-refractivity contribution is 7.99. The molecule has 4 aliphatic heterocycles. The average molecular weight is 1900 g/mol. The first kappa shape index (κ1) is 98.3. The maximum absolute atomic E-state index is 6.14. The van der Waals surface area contributed by atoms with Gasteiger partial charge in [0.05, 0.1) is 49.4 Å². The van der Waals surface area contributed by atoms with Crippen LogP contribution >= 0.6 is 57.1 Å². The van der Waals surface area contributed by atoms with E-state index in [1.165, 1.54) is 50.3 Å². The molecule has 33 nitrogen and oxygen atoms in total. The summed E-state index contributed by atoms with van der Waals surface area (Å²) in [6.45, 7) is 39.2. The third-order valence-corrected chi connectivity index (χ3v) is 27.5. The van der Waals surface area contributed by atoms with Gasteiger partial charge in [0.2, 0.25) is 5.88 Å². The SMILES string of the molecule is COc1ccc(-c2nc([C@@H](C)Oc3nc(C)cc(N)n3)c(C)s2)cc1OCCN1CCC1.COc1ccc(-c2nc([C@@H](C)Oc3nc(C)cc(N)n3)c(C)s2)cc1OCCN1CCCC1.COc1ccc(-c2nc([C@@H](C)Oc3nc(C)cc(N)n3)c(C)s2)cc1OCCN1CCCCC1.Cc1sc(-c2ccnc(OCCN3CCN(C)CC3)c2)nc1[C@@H](C)Sc1nc(N)cc(N)n1. The molecular weight excluding hydrogens is 1770 g/mol. The van der Waals surface area contributed by atoms with Crippen LogP contribution in [0.25, 0.3) is 42.3 Å². The molecule has 0 aliphatic carbocycles. The number of ether oxygens (including phenoxy) is 10. The van der Waals surface area contributed by atoms with Crippen molar-refractivity contribution >= 4 is 86.2 Å². The molecule has 132 heavy (non-hydrogen) atoms. The zero-order valence-electron chi connectivity index (χ0n) is 78.1. The van der Waals surface area contributed by atoms with Gasteiger partial charge in [-0.2, -0.15) is 15.0 Å². The Balaban J connectivity index is 0.000000150. The first-order valence-corrected chi connectivity index (χ1v) is 48.7. The van der Waals surface area contributed by atoms with Crippen molar-refractivity contribution in [3.05, 3.63) is 157 Å². The van der Waals surface area contributed by atoms with Crippen LogP contribution in [0.3, 0.4) is 0 Å². The fourth-order valence-corrected chi connectivity index (χ4v) is 20.3. The molecule has 3 aromatic carbocycles. The standard InChI is InChI=1S/C25H33N5O3S.C24H31N5O3S.C23H29N5O3S.C22H30N8OS2/c1-16-14-22(26)28-25(27-16)33-17(2)23-18(3)34-24(29-23)19-8-9-20(31-4)21(15-19)32-13-12-30-10-6-5-7-11-30;1-15-13-21(25)27-24(26-15)32-16(2)22-17(3)33-23(28-22)18-7-8-19(30-4)20(14-18)31-12-11-29-9-5-6-10-29;1-14-12-20(24)26-23(25-14)31-15(2)21-16(3)32-22(27-21)17-6-7-18(29-4)19(13-17)30-11-10-28-8-5-9-28;1-14-20(15(2)33-22-26-17(23)13-18(24)27-22)28-21(32-14)16-4-5-25-19(12-16)31-11-10-30-8-6-29(3)7-9-30/h8-9,14-15,17H,5-7,10-13H2,1-4H3,(H2,26,27,28);7-8,13-14,16H,5-6,9-12H2,1-4H3,(H2,25,26,27);6-7,12-13,15H,5,8-11H2,1-4H3,(H2,24,25,26);4-5,12-13,15H,6-11H2,1-3H3,(H4,23,24,26,27)/t17-;16-;2*15-/m1111/s1. The molecule has 4 atom stereocenters. The lowest BCUT2D eigenvalue weighted by atomic mass is 10.1. The van der Waals surface area contributed by atoms with Crippen molar-refractivity contribution in [3.8, 4) is 101 Å². The molecule has 0 spiro atoms. The lowest BCUT2D eigenvalue weighted by Gasteiger charge is -2.32. The van der Waals surface area contributed by atoms with Gasteiger partial charge in [0.25, 0.3) is 0 Å². The monoisotopic (exact) mass is 1890 g/mol. The number of piperidine rings is 1. The Morgan fingerprint density at radius 1 is 0.341 bits per heavy atom. The fourth-order valence-electron chi connectivity index (χ4n) is 15.2. The number of anilines is 5. The van der Waals surface area contributed by atoms with Gasteiger partial charge in [0.15, 0.2) is 39.7 Å². The second-order valence-electron chi connectivity index (χ2n) is 32.7. The minimum absolute atomic E-state index is 0.0531. The number of aromatic nitrogens is 13. The van der Waals surface area contributed by atoms with Crippen molar-refractivity contribution in [1.29, 1.82) is 0 Å². The molecule has 16 rings (SSSR count). The number of methoxy groups -OCH3 is 3. The maximum atomic E-state index is 6.14. The number of piperazine rings is 1. The number of nitrogen functional groups attached to an aromatic ring is 5. The molecule has 13 heterocycles. The predicted octanol–water partition coefficient (Wildman–Crippen LogP) is 16.2. The molecule has 0 bridgehead atoms. The second-order valence-corrected chi connectivity index (χ2v) is 38.8. The van der Waals surface area contributed by atoms with Crippen LogP contribution in [0.15, 0.2) is 102 Å². The molecule has 10 N–H and O–H groups in total. The third-order valence-electron chi connectivity index (χ3n) is 22.4. The van der Waals surface area contributed by atoms with E-state index in [-0.39, 0.29) is 41.6 Å². The lowest BCUT2D eigenvalue weighted by Crippen LogP contribution is -2.45. The van der Waals surface area contributed by atoms with Crippen molar-refractivity contribution in [3.63, 3.8) is 0 Å². The zero-order valence-corrected chi connectivity index (χ0v) is 82.2. The van der Waals surface area contributed by atoms with Gasteiger partial charge in [0, 0.05) is 148 Å². The molecular formula is C94H123N23O10S5. The van der Waals surface area contributed by atoms with E-state index >= 15 is 0 Å². The summed E-state index contributed by atoms with van der Waals surface area (Å²) < 4.78 is 58.6. The van der Waals surface area contributed by atoms with Gasteiger partial charge < -0.3 is 80.9 Å². The number of benzene rings is 3. The van der Waals surface area contributed by atoms with Gasteiger partial charge in [-0.3, -0.25) is 19.6 Å². The molecule has 0 unspecified atom stereocenters. The largest absolute Gasteiger partial charge is 0.493 e. The smallest absolute Gasteiger partial charge is 0.319 e. The Labute approximate surface area is 793 Å². The summed E-state index contributed by atoms with van der Waals surface area (Å²) in [5.41, 5.74) is 38.8. The predicted molar refractivity (Wildman–Crippen MR) is 525 cm³/mol. The molecule has 0 saturated carbocycles. The van der Waals surface area contributed by atoms with Gasteiger partial charge in [-0.25, -0.2) is 49.8 Å². The summed E-state index contributed by atoms with van der Waals surface area (Å²) in [7, 11) is 7.14. The van der Waals surface area contributed by atoms with Gasteiger partial charge in [-0.1, -0.05) is 18.2 Å². The molecule has 0 radical (unpaired) electrons. The quantitative estimate of drug-likeness (QED) is 0.0182. The molecule has 12 aromatic rings. The Kier molecular flexibility index (Phi) is 35.3. The van der Waals surface area contributed by atoms with Crippen molar-refractivity contribution < 1.29 is 47.4 Å². The van der Waals surface area contributed by atoms with Gasteiger partial charge in [-0.15, -0.1) is 45.3 Å². The molecule has 9 aromatic heterocycles. The number of hydrogen-bond donors (Lipinski definition) is 5. The number of nitrogens with zero attached hydrogens (tertiary/aromatic N) is 18. The van der Waals surface area contributed by atoms with Gasteiger partial charge >= 0.3 is 18.0 Å². The number of hydrogen-bond acceptors (Lipinski definition) is 38. The van der Waals surface area contributed by atoms with E-state index in [4.69, 9.17) is 96.0 Å². The van der Waals surface area contributed by atoms with Crippen LogP contribution in [0.2, 0.25) is 0 Å². The van der Waals surface area contributed by atoms with Crippen molar-refractivity contribution in [2.45, 2.75) is 143 Å². The second kappa shape index (κ2) is 47.4. The van der Waals surface area contributed by atoms with E-state index in [0.717, 1.165) is 228 Å². The number of pyridine rings is 1. The third kappa shape index (κ3) is 28.0. The highest BCUT2D eigenvalue weighted by atomic mass is 32.2. The summed E-state index contributed by atoms with van der Waals surface area (Å²) in [4.78, 5) is 74.3. The van der Waals surface area contributed by atoms with E-state index in [1.807, 2.05) is 129 Å². The van der Waals surface area contributed by atoms with Crippen LogP contribution in [0, 0.1) is 48.5 Å². The van der Waals surface area contributed by atoms with Crippen LogP contribution in [-0.4, -0.2) is 236 Å². The van der Waals surface area contributed by atoms with Crippen molar-refractivity contribution in [2.75, 3.05) is 175 Å². The van der Waals surface area contributed by atoms with Gasteiger partial charge in [0.1, 0.15) is 93.9 Å². The number of thioether (sulfide) groups is 1. The van der Waals surface area contributed by atoms with E-state index in [9.17, 15) is 0 Å². The van der Waals surface area contributed by atoms with Crippen LogP contribution < -0.4 is 76.0 Å². The van der Waals surface area contributed by atoms with Gasteiger partial charge in [-0.05, 0) is 215 Å². The highest BCUT2D eigenvalue weighted by Gasteiger charge is 2.27. The Bertz CT molecular complexity index is 5680. The van der Waals surface area contributed by atoms with Crippen LogP contribution in [0.1, 0.15) is 149 Å². The summed E-state index contributed by atoms with van der Waals surface area (Å²) in [5, 5.41) is 4.24. The van der Waals surface area contributed by atoms with E-state index < -0.39 is 0 Å². The summed E-state index contributed by atoms with van der Waals surface area (Å²) in [6.07, 6.45) is 8.53. The lowest BCUT2D eigenvalue weighted by molar-refractivity contribution is 0.132. The number of thiazole rings is 4. The molecule has 4 fully saturated rings. The Morgan fingerprint density at radius 3 is 1.02 bits per heavy atom. The number of likely N-dealkylation sites (tertiary alicyclic amines) is 3. The normalized spacial score (nSPS) is 15.2. The summed E-state index contributed by atoms with van der Waals surface area (Å²) in [6, 6.07) is 29.2. The molecule has 704 valence electrons. The number of aryl methyl sites for hydroxylation is 7. The van der Waals surface area contributed by atoms with Crippen LogP contribution in [0.5, 0.6) is 58.4 Å². The fraction of sp³-hybridized carbons (Fsp3) is 0.457. The van der Waals surface area contributed by atoms with E-state index in [2.05, 4.69) is 90.3 Å². The average Bonchev–Trinajstić information content (AvgIpc) is 1.66. The minimum Gasteiger partial charge on any atom is -0.493 e. The molecule has 0 amide bonds. The number of nitrogens with two attached hydrogens (primary N) is 5. The molecule has 4 aliphatic rings. The Hall–Kier alpha value is -11.2. The van der Waals surface area contributed by atoms with Crippen molar-refractivity contribution in [1.82, 2.24) is 89.3 Å². The van der Waals surface area contributed by atoms with E-state index in [0.29, 0.717) is 66.6 Å². The topological polar surface area (TPSA) is 406 Å². The minimum atomic E-state index is -0.315. The molecule has 38 heteroatoms. The van der Waals surface area contributed by atoms with E-state index in [1.54, 1.807) is 97.1 Å². The van der Waals surface area contributed by atoms with Crippen LogP contribution in [0.4, 0.5) is 29.1 Å². The summed E-state index contributed by atoms with van der Waals surface area (Å²) in [5.74, 6) is 6.88.